The molecule has 6 heteroatoms. The van der Waals surface area contributed by atoms with Crippen LogP contribution in [0.4, 0.5) is 5.69 Å². The molecule has 0 spiro atoms. The fourth-order valence-corrected chi connectivity index (χ4v) is 1.10. The van der Waals surface area contributed by atoms with Crippen molar-refractivity contribution in [1.82, 2.24) is 0 Å². The first kappa shape index (κ1) is 11.8. The Morgan fingerprint density at radius 1 is 1.38 bits per heavy atom. The number of nitrogen functional groups attached to an aromatic ring is 1. The van der Waals surface area contributed by atoms with Crippen molar-refractivity contribution in [2.24, 2.45) is 5.73 Å². The first-order valence-corrected chi connectivity index (χ1v) is 4.43. The predicted molar refractivity (Wildman–Crippen MR) is 56.9 cm³/mol. The van der Waals surface area contributed by atoms with Gasteiger partial charge in [0.2, 0.25) is 0 Å². The van der Waals surface area contributed by atoms with Crippen molar-refractivity contribution in [2.45, 2.75) is 0 Å². The van der Waals surface area contributed by atoms with Gasteiger partial charge in [0.05, 0.1) is 7.11 Å². The summed E-state index contributed by atoms with van der Waals surface area (Å²) in [6, 6.07) is 4.53. The molecule has 1 amide bonds. The van der Waals surface area contributed by atoms with E-state index >= 15 is 0 Å². The molecule has 86 valence electrons. The molecule has 0 fully saturated rings. The van der Waals surface area contributed by atoms with Crippen LogP contribution in [0.25, 0.3) is 0 Å². The van der Waals surface area contributed by atoms with E-state index in [2.05, 4.69) is 4.74 Å². The van der Waals surface area contributed by atoms with E-state index in [1.54, 1.807) is 6.07 Å². The number of carbonyl (C=O) groups is 2. The normalized spacial score (nSPS) is 9.56. The summed E-state index contributed by atoms with van der Waals surface area (Å²) in [7, 11) is 1.41. The van der Waals surface area contributed by atoms with Gasteiger partial charge in [-0.15, -0.1) is 0 Å². The number of nitrogens with two attached hydrogens (primary N) is 2. The van der Waals surface area contributed by atoms with Crippen molar-refractivity contribution in [3.63, 3.8) is 0 Å². The molecule has 0 saturated carbocycles. The Labute approximate surface area is 92.1 Å². The third kappa shape index (κ3) is 2.88. The third-order valence-corrected chi connectivity index (χ3v) is 1.79. The number of rotatable bonds is 4. The van der Waals surface area contributed by atoms with Crippen LogP contribution >= 0.6 is 0 Å². The lowest BCUT2D eigenvalue weighted by atomic mass is 10.2. The summed E-state index contributed by atoms with van der Waals surface area (Å²) in [5.41, 5.74) is 10.9. The van der Waals surface area contributed by atoms with Gasteiger partial charge in [-0.05, 0) is 18.2 Å². The summed E-state index contributed by atoms with van der Waals surface area (Å²) < 4.78 is 9.59. The number of esters is 1. The van der Waals surface area contributed by atoms with Crippen LogP contribution in [0.5, 0.6) is 5.75 Å². The molecule has 0 aliphatic heterocycles. The number of hydrogen-bond acceptors (Lipinski definition) is 5. The number of anilines is 1. The Morgan fingerprint density at radius 3 is 2.62 bits per heavy atom. The molecule has 0 bridgehead atoms. The zero-order valence-electron chi connectivity index (χ0n) is 8.73. The standard InChI is InChI=1S/C10H12N2O4/c1-15-8-3-2-6(11)4-7(8)10(14)16-5-9(12)13/h2-4H,5,11H2,1H3,(H2,12,13). The van der Waals surface area contributed by atoms with Crippen LogP contribution in [0, 0.1) is 0 Å². The van der Waals surface area contributed by atoms with Crippen LogP contribution < -0.4 is 16.2 Å². The van der Waals surface area contributed by atoms with E-state index in [4.69, 9.17) is 16.2 Å². The number of primary amides is 1. The van der Waals surface area contributed by atoms with E-state index in [0.717, 1.165) is 0 Å². The van der Waals surface area contributed by atoms with Gasteiger partial charge in [-0.1, -0.05) is 0 Å². The fourth-order valence-electron chi connectivity index (χ4n) is 1.10. The highest BCUT2D eigenvalue weighted by Gasteiger charge is 2.14. The zero-order valence-corrected chi connectivity index (χ0v) is 8.73. The second-order valence-corrected chi connectivity index (χ2v) is 3.00. The van der Waals surface area contributed by atoms with Gasteiger partial charge in [-0.2, -0.15) is 0 Å². The maximum absolute atomic E-state index is 11.5. The summed E-state index contributed by atoms with van der Waals surface area (Å²) in [5.74, 6) is -1.11. The largest absolute Gasteiger partial charge is 0.496 e. The summed E-state index contributed by atoms with van der Waals surface area (Å²) >= 11 is 0. The van der Waals surface area contributed by atoms with Gasteiger partial charge in [0.1, 0.15) is 11.3 Å². The van der Waals surface area contributed by atoms with Gasteiger partial charge in [0, 0.05) is 5.69 Å². The van der Waals surface area contributed by atoms with Gasteiger partial charge in [-0.3, -0.25) is 4.79 Å². The monoisotopic (exact) mass is 224 g/mol. The van der Waals surface area contributed by atoms with E-state index in [-0.39, 0.29) is 5.56 Å². The minimum atomic E-state index is -0.726. The van der Waals surface area contributed by atoms with Crippen molar-refractivity contribution in [3.8, 4) is 5.75 Å². The summed E-state index contributed by atoms with van der Waals surface area (Å²) in [6.07, 6.45) is 0. The topological polar surface area (TPSA) is 105 Å². The second-order valence-electron chi connectivity index (χ2n) is 3.00. The van der Waals surface area contributed by atoms with Gasteiger partial charge in [-0.25, -0.2) is 4.79 Å². The average Bonchev–Trinajstić information content (AvgIpc) is 2.25. The number of methoxy groups -OCH3 is 1. The molecule has 16 heavy (non-hydrogen) atoms. The first-order chi connectivity index (χ1) is 7.54. The lowest BCUT2D eigenvalue weighted by molar-refractivity contribution is -0.121. The van der Waals surface area contributed by atoms with E-state index < -0.39 is 18.5 Å². The van der Waals surface area contributed by atoms with Crippen molar-refractivity contribution < 1.29 is 19.1 Å². The SMILES string of the molecule is COc1ccc(N)cc1C(=O)OCC(N)=O. The molecule has 0 aromatic heterocycles. The highest BCUT2D eigenvalue weighted by Crippen LogP contribution is 2.21. The zero-order chi connectivity index (χ0) is 12.1. The Morgan fingerprint density at radius 2 is 2.06 bits per heavy atom. The Hall–Kier alpha value is -2.24. The lowest BCUT2D eigenvalue weighted by Gasteiger charge is -2.08. The number of benzene rings is 1. The Balaban J connectivity index is 2.88. The molecule has 4 N–H and O–H groups in total. The number of ether oxygens (including phenoxy) is 2. The quantitative estimate of drug-likeness (QED) is 0.549. The predicted octanol–water partition coefficient (Wildman–Crippen LogP) is -0.0805. The summed E-state index contributed by atoms with van der Waals surface area (Å²) in [5, 5.41) is 0. The molecule has 0 radical (unpaired) electrons. The Kier molecular flexibility index (Phi) is 3.71. The summed E-state index contributed by atoms with van der Waals surface area (Å²) in [6.45, 7) is -0.475. The van der Waals surface area contributed by atoms with Crippen LogP contribution in [-0.4, -0.2) is 25.6 Å². The molecule has 1 aromatic rings. The molecular weight excluding hydrogens is 212 g/mol. The smallest absolute Gasteiger partial charge is 0.342 e. The highest BCUT2D eigenvalue weighted by atomic mass is 16.5. The molecule has 0 heterocycles. The molecule has 1 aromatic carbocycles. The van der Waals surface area contributed by atoms with Crippen molar-refractivity contribution in [2.75, 3.05) is 19.5 Å². The van der Waals surface area contributed by atoms with Crippen molar-refractivity contribution in [1.29, 1.82) is 0 Å². The Bertz CT molecular complexity index is 417. The van der Waals surface area contributed by atoms with Crippen molar-refractivity contribution >= 4 is 17.6 Å². The second kappa shape index (κ2) is 5.01. The fraction of sp³-hybridized carbons (Fsp3) is 0.200. The number of amides is 1. The van der Waals surface area contributed by atoms with E-state index in [0.29, 0.717) is 11.4 Å². The first-order valence-electron chi connectivity index (χ1n) is 4.43. The van der Waals surface area contributed by atoms with Crippen LogP contribution in [0.1, 0.15) is 10.4 Å². The lowest BCUT2D eigenvalue weighted by Crippen LogP contribution is -2.21. The molecule has 0 atom stereocenters. The van der Waals surface area contributed by atoms with Gasteiger partial charge in [0.25, 0.3) is 5.91 Å². The van der Waals surface area contributed by atoms with E-state index in [9.17, 15) is 9.59 Å². The number of carbonyl (C=O) groups excluding carboxylic acids is 2. The van der Waals surface area contributed by atoms with Crippen LogP contribution in [-0.2, 0) is 9.53 Å². The van der Waals surface area contributed by atoms with Gasteiger partial charge < -0.3 is 20.9 Å². The molecule has 0 aliphatic carbocycles. The van der Waals surface area contributed by atoms with Crippen molar-refractivity contribution in [3.05, 3.63) is 23.8 Å². The minimum Gasteiger partial charge on any atom is -0.496 e. The molecular formula is C10H12N2O4. The van der Waals surface area contributed by atoms with E-state index in [1.807, 2.05) is 0 Å². The van der Waals surface area contributed by atoms with Gasteiger partial charge >= 0.3 is 5.97 Å². The average molecular weight is 224 g/mol. The van der Waals surface area contributed by atoms with Gasteiger partial charge in [0.15, 0.2) is 6.61 Å². The van der Waals surface area contributed by atoms with Crippen LogP contribution in [0.3, 0.4) is 0 Å². The summed E-state index contributed by atoms with van der Waals surface area (Å²) in [4.78, 5) is 22.0. The molecule has 6 nitrogen and oxygen atoms in total. The van der Waals surface area contributed by atoms with E-state index in [1.165, 1.54) is 19.2 Å². The molecule has 0 saturated heterocycles. The van der Waals surface area contributed by atoms with Crippen LogP contribution in [0.15, 0.2) is 18.2 Å². The maximum atomic E-state index is 11.5. The molecule has 1 rings (SSSR count). The highest BCUT2D eigenvalue weighted by molar-refractivity contribution is 5.94. The van der Waals surface area contributed by atoms with Crippen LogP contribution in [0.2, 0.25) is 0 Å². The molecule has 0 aliphatic rings. The minimum absolute atomic E-state index is 0.156. The maximum Gasteiger partial charge on any atom is 0.342 e. The third-order valence-electron chi connectivity index (χ3n) is 1.79. The molecule has 0 unspecified atom stereocenters. The number of hydrogen-bond donors (Lipinski definition) is 2.